The van der Waals surface area contributed by atoms with Crippen molar-refractivity contribution < 1.29 is 14.3 Å². The molecule has 0 radical (unpaired) electrons. The van der Waals surface area contributed by atoms with Gasteiger partial charge in [0.25, 0.3) is 5.91 Å². The average molecular weight is 291 g/mol. The highest BCUT2D eigenvalue weighted by atomic mass is 32.1. The number of aliphatic hydroxyl groups is 1. The molecule has 104 valence electrons. The Kier molecular flexibility index (Phi) is 3.54. The molecule has 1 aromatic carbocycles. The Labute approximate surface area is 120 Å². The first-order valence-corrected chi connectivity index (χ1v) is 7.28. The fraction of sp³-hybridized carbons (Fsp3) is 0.267. The highest BCUT2D eigenvalue weighted by molar-refractivity contribution is 7.17. The van der Waals surface area contributed by atoms with E-state index >= 15 is 0 Å². The molecular weight excluding hydrogens is 277 g/mol. The number of β-amino-alcohol motifs (C(OH)–C–C–N with tert-alkyl or cyclic N) is 1. The SMILES string of the molecule is O=C(c1ccc(-c2ccc(F)cc2)s1)N1CC[C@@H](O)C1. The molecule has 3 rings (SSSR count). The Bertz CT molecular complexity index is 623. The maximum Gasteiger partial charge on any atom is 0.264 e. The smallest absolute Gasteiger partial charge is 0.264 e. The Morgan fingerprint density at radius 2 is 2.00 bits per heavy atom. The van der Waals surface area contributed by atoms with Crippen LogP contribution < -0.4 is 0 Å². The molecule has 1 N–H and O–H groups in total. The summed E-state index contributed by atoms with van der Waals surface area (Å²) in [6.07, 6.45) is 0.234. The largest absolute Gasteiger partial charge is 0.391 e. The molecule has 0 unspecified atom stereocenters. The minimum Gasteiger partial charge on any atom is -0.391 e. The lowest BCUT2D eigenvalue weighted by atomic mass is 10.2. The number of aliphatic hydroxyl groups excluding tert-OH is 1. The Morgan fingerprint density at radius 1 is 1.25 bits per heavy atom. The molecule has 5 heteroatoms. The molecule has 0 aliphatic carbocycles. The van der Waals surface area contributed by atoms with Crippen LogP contribution in [-0.4, -0.2) is 35.1 Å². The van der Waals surface area contributed by atoms with E-state index in [1.165, 1.54) is 23.5 Å². The zero-order valence-corrected chi connectivity index (χ0v) is 11.6. The topological polar surface area (TPSA) is 40.5 Å². The Hall–Kier alpha value is -1.72. The second-order valence-corrected chi connectivity index (χ2v) is 5.95. The van der Waals surface area contributed by atoms with E-state index in [1.807, 2.05) is 6.07 Å². The van der Waals surface area contributed by atoms with Crippen LogP contribution in [0.1, 0.15) is 16.1 Å². The zero-order chi connectivity index (χ0) is 14.1. The van der Waals surface area contributed by atoms with Crippen LogP contribution in [-0.2, 0) is 0 Å². The number of carbonyl (C=O) groups is 1. The number of nitrogens with zero attached hydrogens (tertiary/aromatic N) is 1. The van der Waals surface area contributed by atoms with Crippen molar-refractivity contribution in [3.8, 4) is 10.4 Å². The van der Waals surface area contributed by atoms with Crippen molar-refractivity contribution in [3.05, 3.63) is 47.1 Å². The first kappa shape index (κ1) is 13.3. The molecule has 1 aliphatic rings. The van der Waals surface area contributed by atoms with E-state index in [0.717, 1.165) is 10.4 Å². The second-order valence-electron chi connectivity index (χ2n) is 4.86. The summed E-state index contributed by atoms with van der Waals surface area (Å²) in [5, 5.41) is 9.48. The molecule has 1 amide bonds. The van der Waals surface area contributed by atoms with Gasteiger partial charge in [0.1, 0.15) is 5.82 Å². The van der Waals surface area contributed by atoms with Crippen LogP contribution in [0.15, 0.2) is 36.4 Å². The number of likely N-dealkylation sites (tertiary alicyclic amines) is 1. The maximum atomic E-state index is 12.9. The first-order chi connectivity index (χ1) is 9.63. The van der Waals surface area contributed by atoms with Gasteiger partial charge in [-0.2, -0.15) is 0 Å². The van der Waals surface area contributed by atoms with Crippen molar-refractivity contribution in [1.29, 1.82) is 0 Å². The lowest BCUT2D eigenvalue weighted by molar-refractivity contribution is 0.0769. The van der Waals surface area contributed by atoms with Crippen LogP contribution in [0.3, 0.4) is 0 Å². The van der Waals surface area contributed by atoms with Gasteiger partial charge in [-0.15, -0.1) is 11.3 Å². The molecule has 20 heavy (non-hydrogen) atoms. The molecule has 1 aromatic heterocycles. The highest BCUT2D eigenvalue weighted by Crippen LogP contribution is 2.29. The third kappa shape index (κ3) is 2.59. The molecule has 2 aromatic rings. The van der Waals surface area contributed by atoms with Crippen molar-refractivity contribution in [1.82, 2.24) is 4.90 Å². The lowest BCUT2D eigenvalue weighted by Gasteiger charge is -2.13. The second kappa shape index (κ2) is 5.34. The fourth-order valence-electron chi connectivity index (χ4n) is 2.30. The third-order valence-electron chi connectivity index (χ3n) is 3.40. The van der Waals surface area contributed by atoms with Crippen molar-refractivity contribution in [2.75, 3.05) is 13.1 Å². The molecule has 1 saturated heterocycles. The van der Waals surface area contributed by atoms with E-state index in [0.29, 0.717) is 24.4 Å². The standard InChI is InChI=1S/C15H14FNO2S/c16-11-3-1-10(2-4-11)13-5-6-14(20-13)15(19)17-8-7-12(18)9-17/h1-6,12,18H,7-9H2/t12-/m1/s1. The van der Waals surface area contributed by atoms with Gasteiger partial charge in [0, 0.05) is 18.0 Å². The monoisotopic (exact) mass is 291 g/mol. The van der Waals surface area contributed by atoms with Crippen molar-refractivity contribution >= 4 is 17.2 Å². The predicted molar refractivity (Wildman–Crippen MR) is 76.2 cm³/mol. The van der Waals surface area contributed by atoms with Crippen LogP contribution in [0.4, 0.5) is 4.39 Å². The molecule has 1 atom stereocenters. The van der Waals surface area contributed by atoms with Crippen molar-refractivity contribution in [2.24, 2.45) is 0 Å². The molecule has 1 fully saturated rings. The van der Waals surface area contributed by atoms with Gasteiger partial charge >= 0.3 is 0 Å². The van der Waals surface area contributed by atoms with Gasteiger partial charge in [0.15, 0.2) is 0 Å². The van der Waals surface area contributed by atoms with Crippen LogP contribution >= 0.6 is 11.3 Å². The summed E-state index contributed by atoms with van der Waals surface area (Å²) >= 11 is 1.39. The molecule has 0 bridgehead atoms. The fourth-order valence-corrected chi connectivity index (χ4v) is 3.28. The van der Waals surface area contributed by atoms with Crippen LogP contribution in [0, 0.1) is 5.82 Å². The van der Waals surface area contributed by atoms with E-state index in [9.17, 15) is 14.3 Å². The van der Waals surface area contributed by atoms with Gasteiger partial charge in [-0.25, -0.2) is 4.39 Å². The molecule has 0 saturated carbocycles. The van der Waals surface area contributed by atoms with Crippen LogP contribution in [0.25, 0.3) is 10.4 Å². The van der Waals surface area contributed by atoms with E-state index in [-0.39, 0.29) is 11.7 Å². The minimum atomic E-state index is -0.407. The normalized spacial score (nSPS) is 18.5. The lowest BCUT2D eigenvalue weighted by Crippen LogP contribution is -2.28. The third-order valence-corrected chi connectivity index (χ3v) is 4.52. The number of carbonyl (C=O) groups excluding carboxylic acids is 1. The zero-order valence-electron chi connectivity index (χ0n) is 10.8. The summed E-state index contributed by atoms with van der Waals surface area (Å²) in [6, 6.07) is 9.89. The molecular formula is C15H14FNO2S. The number of thiophene rings is 1. The first-order valence-electron chi connectivity index (χ1n) is 6.46. The van der Waals surface area contributed by atoms with E-state index in [4.69, 9.17) is 0 Å². The van der Waals surface area contributed by atoms with Gasteiger partial charge in [0.05, 0.1) is 11.0 Å². The number of hydrogen-bond donors (Lipinski definition) is 1. The molecule has 0 spiro atoms. The van der Waals surface area contributed by atoms with Crippen LogP contribution in [0.5, 0.6) is 0 Å². The van der Waals surface area contributed by atoms with Crippen molar-refractivity contribution in [3.63, 3.8) is 0 Å². The number of halogens is 1. The Balaban J connectivity index is 1.79. The summed E-state index contributed by atoms with van der Waals surface area (Å²) < 4.78 is 12.9. The summed E-state index contributed by atoms with van der Waals surface area (Å²) in [5.41, 5.74) is 0.900. The Morgan fingerprint density at radius 3 is 2.65 bits per heavy atom. The minimum absolute atomic E-state index is 0.0417. The van der Waals surface area contributed by atoms with Gasteiger partial charge in [-0.1, -0.05) is 12.1 Å². The van der Waals surface area contributed by atoms with Gasteiger partial charge in [0.2, 0.25) is 0 Å². The van der Waals surface area contributed by atoms with E-state index in [2.05, 4.69) is 0 Å². The quantitative estimate of drug-likeness (QED) is 0.924. The summed E-state index contributed by atoms with van der Waals surface area (Å²) in [4.78, 5) is 15.5. The summed E-state index contributed by atoms with van der Waals surface area (Å²) in [5.74, 6) is -0.312. The summed E-state index contributed by atoms with van der Waals surface area (Å²) in [6.45, 7) is 1.01. The molecule has 2 heterocycles. The number of amides is 1. The van der Waals surface area contributed by atoms with E-state index in [1.54, 1.807) is 23.1 Å². The van der Waals surface area contributed by atoms with Crippen LogP contribution in [0.2, 0.25) is 0 Å². The summed E-state index contributed by atoms with van der Waals surface area (Å²) in [7, 11) is 0. The van der Waals surface area contributed by atoms with Gasteiger partial charge < -0.3 is 10.0 Å². The number of rotatable bonds is 2. The van der Waals surface area contributed by atoms with Crippen molar-refractivity contribution in [2.45, 2.75) is 12.5 Å². The average Bonchev–Trinajstić information content (AvgIpc) is 3.08. The van der Waals surface area contributed by atoms with E-state index < -0.39 is 6.10 Å². The maximum absolute atomic E-state index is 12.9. The highest BCUT2D eigenvalue weighted by Gasteiger charge is 2.26. The molecule has 3 nitrogen and oxygen atoms in total. The number of hydrogen-bond acceptors (Lipinski definition) is 3. The molecule has 1 aliphatic heterocycles. The predicted octanol–water partition coefficient (Wildman–Crippen LogP) is 2.76. The van der Waals surface area contributed by atoms with Gasteiger partial charge in [-0.05, 0) is 36.2 Å². The van der Waals surface area contributed by atoms with Gasteiger partial charge in [-0.3, -0.25) is 4.79 Å². The number of benzene rings is 1.